The van der Waals surface area contributed by atoms with Gasteiger partial charge in [0.2, 0.25) is 0 Å². The van der Waals surface area contributed by atoms with Gasteiger partial charge in [-0.15, -0.1) is 0 Å². The van der Waals surface area contributed by atoms with E-state index in [1.54, 1.807) is 6.20 Å². The standard InChI is InChI=1S/C15H20N4O/c1-12(16-2)10-17-15(20)14-7-4-3-6-13(14)11-19-9-5-8-18-19/h3-9,12,16H,10-11H2,1-2H3,(H,17,20). The van der Waals surface area contributed by atoms with Gasteiger partial charge in [-0.2, -0.15) is 5.10 Å². The van der Waals surface area contributed by atoms with Crippen molar-refractivity contribution in [1.29, 1.82) is 0 Å². The Morgan fingerprint density at radius 2 is 2.15 bits per heavy atom. The molecule has 5 heteroatoms. The summed E-state index contributed by atoms with van der Waals surface area (Å²) in [4.78, 5) is 12.2. The molecule has 1 unspecified atom stereocenters. The molecule has 5 nitrogen and oxygen atoms in total. The number of hydrogen-bond donors (Lipinski definition) is 2. The summed E-state index contributed by atoms with van der Waals surface area (Å²) in [6.45, 7) is 3.22. The summed E-state index contributed by atoms with van der Waals surface area (Å²) >= 11 is 0. The van der Waals surface area contributed by atoms with Gasteiger partial charge >= 0.3 is 0 Å². The van der Waals surface area contributed by atoms with Crippen molar-refractivity contribution in [2.75, 3.05) is 13.6 Å². The predicted molar refractivity (Wildman–Crippen MR) is 78.6 cm³/mol. The van der Waals surface area contributed by atoms with Crippen LogP contribution in [-0.2, 0) is 6.54 Å². The van der Waals surface area contributed by atoms with Gasteiger partial charge in [0, 0.05) is 30.5 Å². The average molecular weight is 272 g/mol. The average Bonchev–Trinajstić information content (AvgIpc) is 2.98. The minimum absolute atomic E-state index is 0.0464. The summed E-state index contributed by atoms with van der Waals surface area (Å²) < 4.78 is 1.81. The molecule has 1 amide bonds. The van der Waals surface area contributed by atoms with E-state index < -0.39 is 0 Å². The quantitative estimate of drug-likeness (QED) is 0.832. The van der Waals surface area contributed by atoms with Gasteiger partial charge in [0.25, 0.3) is 5.91 Å². The van der Waals surface area contributed by atoms with E-state index >= 15 is 0 Å². The molecule has 0 bridgehead atoms. The topological polar surface area (TPSA) is 58.9 Å². The van der Waals surface area contributed by atoms with Crippen LogP contribution in [0.15, 0.2) is 42.7 Å². The van der Waals surface area contributed by atoms with Crippen LogP contribution in [0.2, 0.25) is 0 Å². The van der Waals surface area contributed by atoms with E-state index in [1.807, 2.05) is 55.2 Å². The first kappa shape index (κ1) is 14.3. The molecule has 0 fully saturated rings. The molecule has 0 aliphatic carbocycles. The molecule has 0 aliphatic rings. The zero-order valence-corrected chi connectivity index (χ0v) is 11.8. The number of nitrogens with one attached hydrogen (secondary N) is 2. The minimum Gasteiger partial charge on any atom is -0.350 e. The molecule has 1 atom stereocenters. The van der Waals surface area contributed by atoms with Crippen molar-refractivity contribution < 1.29 is 4.79 Å². The fraction of sp³-hybridized carbons (Fsp3) is 0.333. The molecule has 2 rings (SSSR count). The molecule has 1 heterocycles. The van der Waals surface area contributed by atoms with Crippen molar-refractivity contribution >= 4 is 5.91 Å². The molecule has 2 aromatic rings. The van der Waals surface area contributed by atoms with Crippen molar-refractivity contribution in [1.82, 2.24) is 20.4 Å². The van der Waals surface area contributed by atoms with Crippen molar-refractivity contribution in [2.45, 2.75) is 19.5 Å². The van der Waals surface area contributed by atoms with Gasteiger partial charge in [0.1, 0.15) is 0 Å². The minimum atomic E-state index is -0.0464. The van der Waals surface area contributed by atoms with Crippen LogP contribution in [-0.4, -0.2) is 35.3 Å². The van der Waals surface area contributed by atoms with Gasteiger partial charge in [-0.3, -0.25) is 9.48 Å². The van der Waals surface area contributed by atoms with Gasteiger partial charge < -0.3 is 10.6 Å². The van der Waals surface area contributed by atoms with Crippen molar-refractivity contribution in [3.63, 3.8) is 0 Å². The Hall–Kier alpha value is -2.14. The van der Waals surface area contributed by atoms with E-state index in [1.165, 1.54) is 0 Å². The molecular formula is C15H20N4O. The fourth-order valence-corrected chi connectivity index (χ4v) is 1.89. The lowest BCUT2D eigenvalue weighted by molar-refractivity contribution is 0.0949. The van der Waals surface area contributed by atoms with Crippen LogP contribution in [0.4, 0.5) is 0 Å². The maximum Gasteiger partial charge on any atom is 0.251 e. The maximum atomic E-state index is 12.2. The van der Waals surface area contributed by atoms with Crippen LogP contribution < -0.4 is 10.6 Å². The molecule has 106 valence electrons. The number of carbonyl (C=O) groups excluding carboxylic acids is 1. The molecule has 0 saturated heterocycles. The molecule has 1 aromatic heterocycles. The number of aromatic nitrogens is 2. The summed E-state index contributed by atoms with van der Waals surface area (Å²) in [5, 5.41) is 10.2. The molecule has 20 heavy (non-hydrogen) atoms. The van der Waals surface area contributed by atoms with Crippen molar-refractivity contribution in [3.05, 3.63) is 53.9 Å². The van der Waals surface area contributed by atoms with E-state index in [0.29, 0.717) is 18.7 Å². The second-order valence-corrected chi connectivity index (χ2v) is 4.76. The number of likely N-dealkylation sites (N-methyl/N-ethyl adjacent to an activating group) is 1. The van der Waals surface area contributed by atoms with E-state index in [-0.39, 0.29) is 11.9 Å². The lowest BCUT2D eigenvalue weighted by Gasteiger charge is -2.13. The van der Waals surface area contributed by atoms with E-state index in [4.69, 9.17) is 0 Å². The molecule has 2 N–H and O–H groups in total. The summed E-state index contributed by atoms with van der Waals surface area (Å²) in [7, 11) is 1.88. The van der Waals surface area contributed by atoms with Crippen LogP contribution in [0.1, 0.15) is 22.8 Å². The van der Waals surface area contributed by atoms with E-state index in [9.17, 15) is 4.79 Å². The zero-order chi connectivity index (χ0) is 14.4. The monoisotopic (exact) mass is 272 g/mol. The smallest absolute Gasteiger partial charge is 0.251 e. The highest BCUT2D eigenvalue weighted by Gasteiger charge is 2.11. The summed E-state index contributed by atoms with van der Waals surface area (Å²) in [5.41, 5.74) is 1.66. The van der Waals surface area contributed by atoms with Crippen LogP contribution in [0.5, 0.6) is 0 Å². The summed E-state index contributed by atoms with van der Waals surface area (Å²) in [5.74, 6) is -0.0464. The van der Waals surface area contributed by atoms with E-state index in [2.05, 4.69) is 15.7 Å². The highest BCUT2D eigenvalue weighted by molar-refractivity contribution is 5.95. The summed E-state index contributed by atoms with van der Waals surface area (Å²) in [6, 6.07) is 9.74. The Labute approximate surface area is 119 Å². The normalized spacial score (nSPS) is 12.1. The second kappa shape index (κ2) is 6.86. The van der Waals surface area contributed by atoms with Gasteiger partial charge in [-0.05, 0) is 31.7 Å². The number of amides is 1. The third-order valence-electron chi connectivity index (χ3n) is 3.22. The highest BCUT2D eigenvalue weighted by Crippen LogP contribution is 2.10. The van der Waals surface area contributed by atoms with Gasteiger partial charge in [0.15, 0.2) is 0 Å². The number of rotatable bonds is 6. The van der Waals surface area contributed by atoms with Crippen LogP contribution >= 0.6 is 0 Å². The van der Waals surface area contributed by atoms with Crippen LogP contribution in [0.3, 0.4) is 0 Å². The fourth-order valence-electron chi connectivity index (χ4n) is 1.89. The third-order valence-corrected chi connectivity index (χ3v) is 3.22. The highest BCUT2D eigenvalue weighted by atomic mass is 16.1. The Kier molecular flexibility index (Phi) is 4.90. The number of hydrogen-bond acceptors (Lipinski definition) is 3. The van der Waals surface area contributed by atoms with Gasteiger partial charge in [-0.25, -0.2) is 0 Å². The Morgan fingerprint density at radius 3 is 2.85 bits per heavy atom. The molecular weight excluding hydrogens is 252 g/mol. The molecule has 0 spiro atoms. The largest absolute Gasteiger partial charge is 0.350 e. The third kappa shape index (κ3) is 3.68. The number of nitrogens with zero attached hydrogens (tertiary/aromatic N) is 2. The predicted octanol–water partition coefficient (Wildman–Crippen LogP) is 1.27. The first-order valence-electron chi connectivity index (χ1n) is 6.71. The van der Waals surface area contributed by atoms with Crippen molar-refractivity contribution in [3.8, 4) is 0 Å². The lowest BCUT2D eigenvalue weighted by Crippen LogP contribution is -2.37. The van der Waals surface area contributed by atoms with Gasteiger partial charge in [0.05, 0.1) is 6.54 Å². The molecule has 1 aromatic carbocycles. The van der Waals surface area contributed by atoms with Crippen LogP contribution in [0, 0.1) is 0 Å². The Bertz CT molecular complexity index is 551. The molecule has 0 radical (unpaired) electrons. The SMILES string of the molecule is CNC(C)CNC(=O)c1ccccc1Cn1cccn1. The first-order chi connectivity index (χ1) is 9.70. The molecule has 0 saturated carbocycles. The zero-order valence-electron chi connectivity index (χ0n) is 11.8. The Morgan fingerprint density at radius 1 is 1.35 bits per heavy atom. The van der Waals surface area contributed by atoms with Gasteiger partial charge in [-0.1, -0.05) is 18.2 Å². The number of benzene rings is 1. The number of carbonyl (C=O) groups is 1. The van der Waals surface area contributed by atoms with Crippen LogP contribution in [0.25, 0.3) is 0 Å². The first-order valence-corrected chi connectivity index (χ1v) is 6.71. The second-order valence-electron chi connectivity index (χ2n) is 4.76. The summed E-state index contributed by atoms with van der Waals surface area (Å²) in [6.07, 6.45) is 3.62. The lowest BCUT2D eigenvalue weighted by atomic mass is 10.1. The van der Waals surface area contributed by atoms with E-state index in [0.717, 1.165) is 5.56 Å². The maximum absolute atomic E-state index is 12.2. The molecule has 0 aliphatic heterocycles. The van der Waals surface area contributed by atoms with Crippen molar-refractivity contribution in [2.24, 2.45) is 0 Å². The Balaban J connectivity index is 2.09.